The minimum Gasteiger partial charge on any atom is -0.483 e. The molecule has 2 N–H and O–H groups in total. The zero-order valence-corrected chi connectivity index (χ0v) is 12.1. The van der Waals surface area contributed by atoms with E-state index in [1.165, 1.54) is 12.3 Å². The zero-order chi connectivity index (χ0) is 16.2. The summed E-state index contributed by atoms with van der Waals surface area (Å²) in [4.78, 5) is 16.0. The molecule has 1 amide bonds. The summed E-state index contributed by atoms with van der Waals surface area (Å²) in [7, 11) is 0. The van der Waals surface area contributed by atoms with Gasteiger partial charge in [-0.3, -0.25) is 9.78 Å². The van der Waals surface area contributed by atoms with Crippen LogP contribution in [0.2, 0.25) is 0 Å². The zero-order valence-electron chi connectivity index (χ0n) is 12.1. The Labute approximate surface area is 126 Å². The predicted octanol–water partition coefficient (Wildman–Crippen LogP) is 1.95. The van der Waals surface area contributed by atoms with Crippen molar-refractivity contribution in [3.8, 4) is 5.75 Å². The number of nitrogens with one attached hydrogen (secondary N) is 2. The van der Waals surface area contributed by atoms with Gasteiger partial charge in [-0.15, -0.1) is 0 Å². The first-order valence-corrected chi connectivity index (χ1v) is 7.04. The van der Waals surface area contributed by atoms with E-state index >= 15 is 0 Å². The fourth-order valence-electron chi connectivity index (χ4n) is 2.19. The summed E-state index contributed by atoms with van der Waals surface area (Å²) in [6, 6.07) is 2.44. The van der Waals surface area contributed by atoms with Crippen LogP contribution in [-0.2, 0) is 4.79 Å². The molecule has 0 saturated carbocycles. The van der Waals surface area contributed by atoms with E-state index in [1.54, 1.807) is 13.0 Å². The van der Waals surface area contributed by atoms with Gasteiger partial charge in [-0.25, -0.2) is 0 Å². The van der Waals surface area contributed by atoms with E-state index < -0.39 is 12.8 Å². The van der Waals surface area contributed by atoms with E-state index in [0.717, 1.165) is 19.4 Å². The first kappa shape index (κ1) is 16.5. The molecule has 0 aliphatic carbocycles. The van der Waals surface area contributed by atoms with Crippen LogP contribution in [0.5, 0.6) is 5.75 Å². The molecule has 22 heavy (non-hydrogen) atoms. The molecule has 2 rings (SSSR count). The average molecular weight is 317 g/mol. The number of pyridine rings is 1. The second-order valence-corrected chi connectivity index (χ2v) is 5.20. The van der Waals surface area contributed by atoms with E-state index in [9.17, 15) is 18.0 Å². The van der Waals surface area contributed by atoms with Crippen molar-refractivity contribution in [1.29, 1.82) is 0 Å². The van der Waals surface area contributed by atoms with E-state index in [1.807, 2.05) is 0 Å². The molecule has 1 saturated heterocycles. The van der Waals surface area contributed by atoms with Crippen LogP contribution in [0.1, 0.15) is 31.5 Å². The molecule has 2 heterocycles. The topological polar surface area (TPSA) is 63.2 Å². The van der Waals surface area contributed by atoms with Crippen LogP contribution < -0.4 is 15.4 Å². The van der Waals surface area contributed by atoms with Gasteiger partial charge in [0.1, 0.15) is 5.75 Å². The normalized spacial score (nSPS) is 19.7. The van der Waals surface area contributed by atoms with Crippen LogP contribution in [0, 0.1) is 0 Å². The molecule has 0 unspecified atom stereocenters. The molecule has 122 valence electrons. The summed E-state index contributed by atoms with van der Waals surface area (Å²) in [6.45, 7) is 1.25. The monoisotopic (exact) mass is 317 g/mol. The fraction of sp³-hybridized carbons (Fsp3) is 0.571. The number of nitrogens with zero attached hydrogens (tertiary/aromatic N) is 1. The Morgan fingerprint density at radius 3 is 2.86 bits per heavy atom. The predicted molar refractivity (Wildman–Crippen MR) is 73.4 cm³/mol. The van der Waals surface area contributed by atoms with Crippen molar-refractivity contribution in [3.63, 3.8) is 0 Å². The quantitative estimate of drug-likeness (QED) is 0.871. The molecule has 1 aromatic rings. The number of hydrogen-bond donors (Lipinski definition) is 2. The highest BCUT2D eigenvalue weighted by Gasteiger charge is 2.28. The lowest BCUT2D eigenvalue weighted by Gasteiger charge is -2.17. The van der Waals surface area contributed by atoms with E-state index in [4.69, 9.17) is 0 Å². The summed E-state index contributed by atoms with van der Waals surface area (Å²) in [5.74, 6) is -0.0544. The summed E-state index contributed by atoms with van der Waals surface area (Å²) in [6.07, 6.45) is -1.39. The van der Waals surface area contributed by atoms with Crippen molar-refractivity contribution in [2.24, 2.45) is 0 Å². The van der Waals surface area contributed by atoms with Crippen molar-refractivity contribution < 1.29 is 22.7 Å². The standard InChI is InChI=1S/C14H18F3N3O2/c1-9(20-13(21)12-3-2-6-18-12)11-5-4-10(7-19-11)22-8-14(15,16)17/h4-5,7,9,12,18H,2-3,6,8H2,1H3,(H,20,21)/t9-,12+/m1/s1. The Morgan fingerprint density at radius 2 is 2.32 bits per heavy atom. The molecular weight excluding hydrogens is 299 g/mol. The maximum Gasteiger partial charge on any atom is 0.422 e. The van der Waals surface area contributed by atoms with Crippen molar-refractivity contribution in [2.45, 2.75) is 38.0 Å². The van der Waals surface area contributed by atoms with Gasteiger partial charge in [0.2, 0.25) is 5.91 Å². The number of amides is 1. The van der Waals surface area contributed by atoms with E-state index in [2.05, 4.69) is 20.4 Å². The first-order valence-electron chi connectivity index (χ1n) is 7.04. The van der Waals surface area contributed by atoms with Crippen LogP contribution in [0.3, 0.4) is 0 Å². The molecule has 0 radical (unpaired) electrons. The van der Waals surface area contributed by atoms with Crippen LogP contribution in [0.4, 0.5) is 13.2 Å². The van der Waals surface area contributed by atoms with Gasteiger partial charge in [0, 0.05) is 0 Å². The number of rotatable bonds is 5. The highest BCUT2D eigenvalue weighted by molar-refractivity contribution is 5.82. The summed E-state index contributed by atoms with van der Waals surface area (Å²) in [5, 5.41) is 5.92. The van der Waals surface area contributed by atoms with Crippen LogP contribution in [0.25, 0.3) is 0 Å². The number of halogens is 3. The lowest BCUT2D eigenvalue weighted by Crippen LogP contribution is -2.41. The Bertz CT molecular complexity index is 499. The van der Waals surface area contributed by atoms with Crippen molar-refractivity contribution >= 4 is 5.91 Å². The number of ether oxygens (including phenoxy) is 1. The first-order chi connectivity index (χ1) is 10.3. The van der Waals surface area contributed by atoms with Crippen molar-refractivity contribution in [3.05, 3.63) is 24.0 Å². The smallest absolute Gasteiger partial charge is 0.422 e. The summed E-state index contributed by atoms with van der Waals surface area (Å²) >= 11 is 0. The number of aromatic nitrogens is 1. The minimum atomic E-state index is -4.38. The van der Waals surface area contributed by atoms with Gasteiger partial charge in [0.15, 0.2) is 6.61 Å². The molecule has 0 spiro atoms. The summed E-state index contributed by atoms with van der Waals surface area (Å²) in [5.41, 5.74) is 0.561. The van der Waals surface area contributed by atoms with Gasteiger partial charge in [-0.2, -0.15) is 13.2 Å². The second-order valence-electron chi connectivity index (χ2n) is 5.20. The Morgan fingerprint density at radius 1 is 1.55 bits per heavy atom. The molecule has 2 atom stereocenters. The largest absolute Gasteiger partial charge is 0.483 e. The van der Waals surface area contributed by atoms with E-state index in [0.29, 0.717) is 5.69 Å². The Kier molecular flexibility index (Phi) is 5.23. The minimum absolute atomic E-state index is 0.0389. The SMILES string of the molecule is C[C@@H](NC(=O)[C@@H]1CCCN1)c1ccc(OCC(F)(F)F)cn1. The van der Waals surface area contributed by atoms with Gasteiger partial charge in [0.05, 0.1) is 24.0 Å². The third-order valence-electron chi connectivity index (χ3n) is 3.34. The molecule has 1 aliphatic heterocycles. The molecule has 1 aromatic heterocycles. The molecule has 8 heteroatoms. The van der Waals surface area contributed by atoms with Crippen LogP contribution in [0.15, 0.2) is 18.3 Å². The van der Waals surface area contributed by atoms with Gasteiger partial charge in [0.25, 0.3) is 0 Å². The number of carbonyl (C=O) groups is 1. The average Bonchev–Trinajstić information content (AvgIpc) is 2.99. The fourth-order valence-corrected chi connectivity index (χ4v) is 2.19. The van der Waals surface area contributed by atoms with Crippen LogP contribution in [-0.4, -0.2) is 36.3 Å². The second kappa shape index (κ2) is 6.95. The molecule has 1 fully saturated rings. The number of alkyl halides is 3. The van der Waals surface area contributed by atoms with Gasteiger partial charge >= 0.3 is 6.18 Å². The molecule has 0 aromatic carbocycles. The Balaban J connectivity index is 1.87. The maximum absolute atomic E-state index is 12.0. The molecular formula is C14H18F3N3O2. The van der Waals surface area contributed by atoms with Crippen molar-refractivity contribution in [1.82, 2.24) is 15.6 Å². The lowest BCUT2D eigenvalue weighted by atomic mass is 10.1. The molecule has 1 aliphatic rings. The maximum atomic E-state index is 12.0. The van der Waals surface area contributed by atoms with Crippen LogP contribution >= 0.6 is 0 Å². The van der Waals surface area contributed by atoms with Crippen molar-refractivity contribution in [2.75, 3.05) is 13.2 Å². The highest BCUT2D eigenvalue weighted by atomic mass is 19.4. The number of carbonyl (C=O) groups excluding carboxylic acids is 1. The molecule has 0 bridgehead atoms. The van der Waals surface area contributed by atoms with Gasteiger partial charge in [-0.05, 0) is 38.4 Å². The molecule has 5 nitrogen and oxygen atoms in total. The third-order valence-corrected chi connectivity index (χ3v) is 3.34. The summed E-state index contributed by atoms with van der Waals surface area (Å²) < 4.78 is 40.7. The van der Waals surface area contributed by atoms with Gasteiger partial charge in [-0.1, -0.05) is 0 Å². The third kappa shape index (κ3) is 4.87. The van der Waals surface area contributed by atoms with Gasteiger partial charge < -0.3 is 15.4 Å². The highest BCUT2D eigenvalue weighted by Crippen LogP contribution is 2.19. The number of hydrogen-bond acceptors (Lipinski definition) is 4. The van der Waals surface area contributed by atoms with E-state index in [-0.39, 0.29) is 23.7 Å². The Hall–Kier alpha value is -1.83. The lowest BCUT2D eigenvalue weighted by molar-refractivity contribution is -0.153.